The van der Waals surface area contributed by atoms with Crippen LogP contribution in [0.25, 0.3) is 10.8 Å². The third-order valence-electron chi connectivity index (χ3n) is 3.93. The van der Waals surface area contributed by atoms with Gasteiger partial charge in [-0.1, -0.05) is 54.6 Å². The Labute approximate surface area is 132 Å². The fourth-order valence-electron chi connectivity index (χ4n) is 2.82. The zero-order valence-electron chi connectivity index (χ0n) is 13.1. The van der Waals surface area contributed by atoms with Crippen molar-refractivity contribution in [3.8, 4) is 5.75 Å². The van der Waals surface area contributed by atoms with E-state index in [0.717, 1.165) is 18.8 Å². The quantitative estimate of drug-likeness (QED) is 0.687. The summed E-state index contributed by atoms with van der Waals surface area (Å²) < 4.78 is 5.20. The molecular formula is C20H21NO. The van der Waals surface area contributed by atoms with Gasteiger partial charge in [-0.3, -0.25) is 4.90 Å². The Hall–Kier alpha value is -2.32. The van der Waals surface area contributed by atoms with Gasteiger partial charge in [-0.15, -0.1) is 0 Å². The van der Waals surface area contributed by atoms with Crippen LogP contribution in [0, 0.1) is 0 Å². The fourth-order valence-corrected chi connectivity index (χ4v) is 2.82. The molecule has 0 atom stereocenters. The molecule has 0 bridgehead atoms. The van der Waals surface area contributed by atoms with Crippen molar-refractivity contribution in [3.63, 3.8) is 0 Å². The summed E-state index contributed by atoms with van der Waals surface area (Å²) in [7, 11) is 3.85. The molecule has 0 heterocycles. The van der Waals surface area contributed by atoms with E-state index in [1.165, 1.54) is 21.9 Å². The van der Waals surface area contributed by atoms with Gasteiger partial charge in [-0.25, -0.2) is 0 Å². The largest absolute Gasteiger partial charge is 0.497 e. The van der Waals surface area contributed by atoms with Crippen LogP contribution in [0.2, 0.25) is 0 Å². The van der Waals surface area contributed by atoms with Crippen molar-refractivity contribution in [1.29, 1.82) is 0 Å². The molecule has 0 saturated heterocycles. The molecule has 0 radical (unpaired) electrons. The Kier molecular flexibility index (Phi) is 4.40. The summed E-state index contributed by atoms with van der Waals surface area (Å²) in [5.74, 6) is 0.903. The highest BCUT2D eigenvalue weighted by Gasteiger charge is 2.05. The van der Waals surface area contributed by atoms with Crippen molar-refractivity contribution >= 4 is 10.8 Å². The zero-order valence-corrected chi connectivity index (χ0v) is 13.1. The van der Waals surface area contributed by atoms with Crippen molar-refractivity contribution in [3.05, 3.63) is 77.9 Å². The summed E-state index contributed by atoms with van der Waals surface area (Å²) in [6.07, 6.45) is 0. The molecule has 0 aliphatic carbocycles. The van der Waals surface area contributed by atoms with Crippen LogP contribution in [0.5, 0.6) is 5.75 Å². The Morgan fingerprint density at radius 3 is 2.32 bits per heavy atom. The summed E-state index contributed by atoms with van der Waals surface area (Å²) in [5, 5.41) is 2.64. The van der Waals surface area contributed by atoms with Gasteiger partial charge in [-0.2, -0.15) is 0 Å². The summed E-state index contributed by atoms with van der Waals surface area (Å²) in [4.78, 5) is 2.34. The van der Waals surface area contributed by atoms with Gasteiger partial charge in [0.25, 0.3) is 0 Å². The van der Waals surface area contributed by atoms with Crippen LogP contribution in [0.4, 0.5) is 0 Å². The lowest BCUT2D eigenvalue weighted by molar-refractivity contribution is 0.320. The second-order valence-electron chi connectivity index (χ2n) is 5.66. The summed E-state index contributed by atoms with van der Waals surface area (Å²) in [6.45, 7) is 1.86. The molecule has 0 spiro atoms. The lowest BCUT2D eigenvalue weighted by atomic mass is 10.0. The van der Waals surface area contributed by atoms with Gasteiger partial charge in [0.2, 0.25) is 0 Å². The number of fused-ring (bicyclic) bond motifs is 1. The standard InChI is InChI=1S/C20H21NO/c1-21(14-16-10-12-19(22-2)13-11-16)15-18-8-5-7-17-6-3-4-9-20(17)18/h3-13H,14-15H2,1-2H3. The van der Waals surface area contributed by atoms with E-state index in [4.69, 9.17) is 4.74 Å². The minimum absolute atomic E-state index is 0.903. The van der Waals surface area contributed by atoms with Crippen molar-refractivity contribution in [2.75, 3.05) is 14.2 Å². The van der Waals surface area contributed by atoms with Crippen molar-refractivity contribution in [1.82, 2.24) is 4.90 Å². The molecule has 0 unspecified atom stereocenters. The first kappa shape index (κ1) is 14.6. The molecule has 0 fully saturated rings. The van der Waals surface area contributed by atoms with E-state index in [2.05, 4.69) is 66.5 Å². The number of hydrogen-bond acceptors (Lipinski definition) is 2. The molecule has 112 valence electrons. The maximum atomic E-state index is 5.20. The Bertz CT molecular complexity index is 744. The van der Waals surface area contributed by atoms with E-state index in [9.17, 15) is 0 Å². The minimum atomic E-state index is 0.903. The second kappa shape index (κ2) is 6.63. The molecule has 3 aromatic carbocycles. The second-order valence-corrected chi connectivity index (χ2v) is 5.66. The monoisotopic (exact) mass is 291 g/mol. The molecular weight excluding hydrogens is 270 g/mol. The van der Waals surface area contributed by atoms with Crippen LogP contribution in [0.3, 0.4) is 0 Å². The average molecular weight is 291 g/mol. The van der Waals surface area contributed by atoms with Crippen molar-refractivity contribution < 1.29 is 4.74 Å². The zero-order chi connectivity index (χ0) is 15.4. The van der Waals surface area contributed by atoms with Gasteiger partial charge in [0, 0.05) is 13.1 Å². The molecule has 3 rings (SSSR count). The molecule has 22 heavy (non-hydrogen) atoms. The van der Waals surface area contributed by atoms with Crippen LogP contribution in [-0.4, -0.2) is 19.1 Å². The normalized spacial score (nSPS) is 11.0. The molecule has 3 aromatic rings. The number of benzene rings is 3. The lowest BCUT2D eigenvalue weighted by Crippen LogP contribution is -2.17. The third-order valence-corrected chi connectivity index (χ3v) is 3.93. The number of ether oxygens (including phenoxy) is 1. The topological polar surface area (TPSA) is 12.5 Å². The van der Waals surface area contributed by atoms with Crippen molar-refractivity contribution in [2.24, 2.45) is 0 Å². The predicted octanol–water partition coefficient (Wildman–Crippen LogP) is 4.48. The average Bonchev–Trinajstić information content (AvgIpc) is 2.56. The highest BCUT2D eigenvalue weighted by molar-refractivity contribution is 5.85. The van der Waals surface area contributed by atoms with Gasteiger partial charge < -0.3 is 4.74 Å². The number of methoxy groups -OCH3 is 1. The van der Waals surface area contributed by atoms with Gasteiger partial charge in [0.1, 0.15) is 5.75 Å². The Morgan fingerprint density at radius 2 is 1.55 bits per heavy atom. The minimum Gasteiger partial charge on any atom is -0.497 e. The first-order chi connectivity index (χ1) is 10.8. The van der Waals surface area contributed by atoms with Gasteiger partial charge in [-0.05, 0) is 41.1 Å². The van der Waals surface area contributed by atoms with E-state index in [1.54, 1.807) is 7.11 Å². The molecule has 2 nitrogen and oxygen atoms in total. The van der Waals surface area contributed by atoms with Crippen LogP contribution < -0.4 is 4.74 Å². The number of rotatable bonds is 5. The Balaban J connectivity index is 1.73. The highest BCUT2D eigenvalue weighted by atomic mass is 16.5. The summed E-state index contributed by atoms with van der Waals surface area (Å²) in [6, 6.07) is 23.4. The SMILES string of the molecule is COc1ccc(CN(C)Cc2cccc3ccccc23)cc1. The summed E-state index contributed by atoms with van der Waals surface area (Å²) >= 11 is 0. The molecule has 0 N–H and O–H groups in total. The molecule has 0 aliphatic rings. The van der Waals surface area contributed by atoms with Gasteiger partial charge in [0.05, 0.1) is 7.11 Å². The first-order valence-electron chi connectivity index (χ1n) is 7.54. The molecule has 0 amide bonds. The first-order valence-corrected chi connectivity index (χ1v) is 7.54. The van der Waals surface area contributed by atoms with Gasteiger partial charge >= 0.3 is 0 Å². The third kappa shape index (κ3) is 3.29. The molecule has 2 heteroatoms. The van der Waals surface area contributed by atoms with E-state index in [-0.39, 0.29) is 0 Å². The predicted molar refractivity (Wildman–Crippen MR) is 92.1 cm³/mol. The molecule has 0 aromatic heterocycles. The van der Waals surface area contributed by atoms with Crippen LogP contribution in [0.15, 0.2) is 66.7 Å². The highest BCUT2D eigenvalue weighted by Crippen LogP contribution is 2.20. The van der Waals surface area contributed by atoms with Crippen molar-refractivity contribution in [2.45, 2.75) is 13.1 Å². The Morgan fingerprint density at radius 1 is 0.818 bits per heavy atom. The van der Waals surface area contributed by atoms with E-state index in [0.29, 0.717) is 0 Å². The number of nitrogens with zero attached hydrogens (tertiary/aromatic N) is 1. The summed E-state index contributed by atoms with van der Waals surface area (Å²) in [5.41, 5.74) is 2.66. The van der Waals surface area contributed by atoms with E-state index in [1.807, 2.05) is 12.1 Å². The van der Waals surface area contributed by atoms with Gasteiger partial charge in [0.15, 0.2) is 0 Å². The number of hydrogen-bond donors (Lipinski definition) is 0. The van der Waals surface area contributed by atoms with E-state index >= 15 is 0 Å². The smallest absolute Gasteiger partial charge is 0.118 e. The van der Waals surface area contributed by atoms with Crippen LogP contribution in [-0.2, 0) is 13.1 Å². The molecule has 0 saturated carbocycles. The maximum absolute atomic E-state index is 5.20. The fraction of sp³-hybridized carbons (Fsp3) is 0.200. The molecule has 0 aliphatic heterocycles. The van der Waals surface area contributed by atoms with Crippen LogP contribution >= 0.6 is 0 Å². The lowest BCUT2D eigenvalue weighted by Gasteiger charge is -2.18. The van der Waals surface area contributed by atoms with E-state index < -0.39 is 0 Å². The van der Waals surface area contributed by atoms with Crippen LogP contribution in [0.1, 0.15) is 11.1 Å². The maximum Gasteiger partial charge on any atom is 0.118 e.